The highest BCUT2D eigenvalue weighted by molar-refractivity contribution is 9.10. The summed E-state index contributed by atoms with van der Waals surface area (Å²) >= 11 is 3.37. The Morgan fingerprint density at radius 2 is 1.75 bits per heavy atom. The average Bonchev–Trinajstić information content (AvgIpc) is 3.12. The lowest BCUT2D eigenvalue weighted by atomic mass is 10.0. The Morgan fingerprint density at radius 3 is 2.42 bits per heavy atom. The van der Waals surface area contributed by atoms with Gasteiger partial charge in [0.2, 0.25) is 5.91 Å². The Labute approximate surface area is 149 Å². The molecule has 1 aromatic heterocycles. The molecule has 0 fully saturated rings. The van der Waals surface area contributed by atoms with Crippen LogP contribution in [0.4, 0.5) is 5.69 Å². The maximum absolute atomic E-state index is 12.2. The second kappa shape index (κ2) is 7.95. The first-order valence-electron chi connectivity index (χ1n) is 7.59. The van der Waals surface area contributed by atoms with Gasteiger partial charge in [-0.3, -0.25) is 10.1 Å². The van der Waals surface area contributed by atoms with Gasteiger partial charge in [-0.25, -0.2) is 0 Å². The molecule has 5 heteroatoms. The molecule has 1 atom stereocenters. The predicted molar refractivity (Wildman–Crippen MR) is 97.8 cm³/mol. The van der Waals surface area contributed by atoms with Gasteiger partial charge < -0.3 is 9.73 Å². The zero-order valence-electron chi connectivity index (χ0n) is 12.9. The molecule has 0 spiro atoms. The Balaban J connectivity index is 1.65. The van der Waals surface area contributed by atoms with Crippen molar-refractivity contribution in [1.29, 1.82) is 0 Å². The molecule has 0 saturated carbocycles. The van der Waals surface area contributed by atoms with Crippen molar-refractivity contribution in [2.75, 3.05) is 11.9 Å². The summed E-state index contributed by atoms with van der Waals surface area (Å²) in [7, 11) is 0. The molecule has 0 aliphatic heterocycles. The zero-order chi connectivity index (χ0) is 16.8. The summed E-state index contributed by atoms with van der Waals surface area (Å²) < 4.78 is 6.49. The van der Waals surface area contributed by atoms with Gasteiger partial charge in [0, 0.05) is 10.2 Å². The van der Waals surface area contributed by atoms with E-state index in [1.807, 2.05) is 66.7 Å². The number of hydrogen-bond donors (Lipinski definition) is 2. The van der Waals surface area contributed by atoms with Gasteiger partial charge >= 0.3 is 0 Å². The van der Waals surface area contributed by atoms with Gasteiger partial charge in [-0.05, 0) is 42.0 Å². The number of furan rings is 1. The van der Waals surface area contributed by atoms with Crippen molar-refractivity contribution in [2.24, 2.45) is 0 Å². The highest BCUT2D eigenvalue weighted by Crippen LogP contribution is 2.22. The van der Waals surface area contributed by atoms with Crippen molar-refractivity contribution in [3.8, 4) is 0 Å². The van der Waals surface area contributed by atoms with Gasteiger partial charge in [-0.1, -0.05) is 46.3 Å². The molecule has 4 nitrogen and oxygen atoms in total. The van der Waals surface area contributed by atoms with Crippen LogP contribution in [0.5, 0.6) is 0 Å². The molecule has 122 valence electrons. The SMILES string of the molecule is O=C(CN[C@@H](c1ccccc1)c1ccco1)Nc1ccc(Br)cc1. The van der Waals surface area contributed by atoms with E-state index in [1.54, 1.807) is 6.26 Å². The number of rotatable bonds is 6. The smallest absolute Gasteiger partial charge is 0.238 e. The first-order valence-corrected chi connectivity index (χ1v) is 8.39. The van der Waals surface area contributed by atoms with Crippen LogP contribution in [-0.4, -0.2) is 12.5 Å². The maximum Gasteiger partial charge on any atom is 0.238 e. The van der Waals surface area contributed by atoms with Crippen molar-refractivity contribution >= 4 is 27.5 Å². The minimum absolute atomic E-state index is 0.107. The molecule has 24 heavy (non-hydrogen) atoms. The molecule has 0 aliphatic carbocycles. The highest BCUT2D eigenvalue weighted by Gasteiger charge is 2.17. The van der Waals surface area contributed by atoms with E-state index >= 15 is 0 Å². The molecular weight excluding hydrogens is 368 g/mol. The van der Waals surface area contributed by atoms with Crippen molar-refractivity contribution in [3.63, 3.8) is 0 Å². The van der Waals surface area contributed by atoms with Crippen LogP contribution in [0.25, 0.3) is 0 Å². The quantitative estimate of drug-likeness (QED) is 0.663. The summed E-state index contributed by atoms with van der Waals surface area (Å²) in [4.78, 5) is 12.2. The first-order chi connectivity index (χ1) is 11.7. The molecular formula is C19H17BrN2O2. The largest absolute Gasteiger partial charge is 0.467 e. The fourth-order valence-electron chi connectivity index (χ4n) is 2.42. The number of anilines is 1. The Morgan fingerprint density at radius 1 is 1.00 bits per heavy atom. The van der Waals surface area contributed by atoms with Crippen LogP contribution < -0.4 is 10.6 Å². The van der Waals surface area contributed by atoms with Crippen molar-refractivity contribution in [2.45, 2.75) is 6.04 Å². The van der Waals surface area contributed by atoms with Gasteiger partial charge in [0.05, 0.1) is 18.8 Å². The minimum atomic E-state index is -0.170. The van der Waals surface area contributed by atoms with Crippen molar-refractivity contribution in [3.05, 3.63) is 88.8 Å². The molecule has 0 aliphatic rings. The van der Waals surface area contributed by atoms with Gasteiger partial charge in [0.15, 0.2) is 0 Å². The Hall–Kier alpha value is -2.37. The first kappa shape index (κ1) is 16.5. The van der Waals surface area contributed by atoms with Crippen LogP contribution in [0, 0.1) is 0 Å². The lowest BCUT2D eigenvalue weighted by Crippen LogP contribution is -2.31. The molecule has 3 rings (SSSR count). The van der Waals surface area contributed by atoms with Crippen LogP contribution in [0.1, 0.15) is 17.4 Å². The van der Waals surface area contributed by atoms with E-state index < -0.39 is 0 Å². The molecule has 2 N–H and O–H groups in total. The van der Waals surface area contributed by atoms with E-state index in [-0.39, 0.29) is 18.5 Å². The van der Waals surface area contributed by atoms with Crippen molar-refractivity contribution in [1.82, 2.24) is 5.32 Å². The fraction of sp³-hybridized carbons (Fsp3) is 0.105. The summed E-state index contributed by atoms with van der Waals surface area (Å²) in [6, 6.07) is 21.0. The van der Waals surface area contributed by atoms with E-state index in [2.05, 4.69) is 26.6 Å². The number of nitrogens with one attached hydrogen (secondary N) is 2. The van der Waals surface area contributed by atoms with Crippen LogP contribution in [0.2, 0.25) is 0 Å². The standard InChI is InChI=1S/C19H17BrN2O2/c20-15-8-10-16(11-9-15)22-18(23)13-21-19(17-7-4-12-24-17)14-5-2-1-3-6-14/h1-12,19,21H,13H2,(H,22,23)/t19-/m0/s1. The van der Waals surface area contributed by atoms with Gasteiger partial charge in [-0.15, -0.1) is 0 Å². The molecule has 0 saturated heterocycles. The molecule has 0 unspecified atom stereocenters. The minimum Gasteiger partial charge on any atom is -0.467 e. The summed E-state index contributed by atoms with van der Waals surface area (Å²) in [5, 5.41) is 6.12. The fourth-order valence-corrected chi connectivity index (χ4v) is 2.68. The second-order valence-corrected chi connectivity index (χ2v) is 6.21. The third-order valence-corrected chi connectivity index (χ3v) is 4.08. The van der Waals surface area contributed by atoms with Crippen LogP contribution in [0.15, 0.2) is 81.9 Å². The zero-order valence-corrected chi connectivity index (χ0v) is 14.5. The predicted octanol–water partition coefficient (Wildman–Crippen LogP) is 4.36. The third-order valence-electron chi connectivity index (χ3n) is 3.56. The van der Waals surface area contributed by atoms with E-state index in [1.165, 1.54) is 0 Å². The molecule has 0 bridgehead atoms. The molecule has 3 aromatic rings. The summed E-state index contributed by atoms with van der Waals surface area (Å²) in [6.45, 7) is 0.177. The van der Waals surface area contributed by atoms with Gasteiger partial charge in [-0.2, -0.15) is 0 Å². The van der Waals surface area contributed by atoms with E-state index in [4.69, 9.17) is 4.42 Å². The van der Waals surface area contributed by atoms with Crippen molar-refractivity contribution < 1.29 is 9.21 Å². The number of amides is 1. The monoisotopic (exact) mass is 384 g/mol. The lowest BCUT2D eigenvalue weighted by molar-refractivity contribution is -0.115. The number of carbonyl (C=O) groups excluding carboxylic acids is 1. The number of hydrogen-bond acceptors (Lipinski definition) is 3. The topological polar surface area (TPSA) is 54.3 Å². The number of carbonyl (C=O) groups is 1. The van der Waals surface area contributed by atoms with E-state index in [0.717, 1.165) is 21.5 Å². The maximum atomic E-state index is 12.2. The summed E-state index contributed by atoms with van der Waals surface area (Å²) in [5.41, 5.74) is 1.81. The lowest BCUT2D eigenvalue weighted by Gasteiger charge is -2.17. The molecule has 0 radical (unpaired) electrons. The highest BCUT2D eigenvalue weighted by atomic mass is 79.9. The van der Waals surface area contributed by atoms with Gasteiger partial charge in [0.1, 0.15) is 5.76 Å². The summed E-state index contributed by atoms with van der Waals surface area (Å²) in [6.07, 6.45) is 1.63. The van der Waals surface area contributed by atoms with E-state index in [0.29, 0.717) is 0 Å². The molecule has 1 heterocycles. The van der Waals surface area contributed by atoms with Crippen LogP contribution in [0.3, 0.4) is 0 Å². The average molecular weight is 385 g/mol. The third kappa shape index (κ3) is 4.34. The Bertz CT molecular complexity index is 771. The van der Waals surface area contributed by atoms with Crippen LogP contribution >= 0.6 is 15.9 Å². The normalized spacial score (nSPS) is 11.9. The van der Waals surface area contributed by atoms with E-state index in [9.17, 15) is 4.79 Å². The second-order valence-electron chi connectivity index (χ2n) is 5.30. The number of halogens is 1. The van der Waals surface area contributed by atoms with Crippen LogP contribution in [-0.2, 0) is 4.79 Å². The molecule has 1 amide bonds. The Kier molecular flexibility index (Phi) is 5.46. The summed E-state index contributed by atoms with van der Waals surface area (Å²) in [5.74, 6) is 0.669. The molecule has 2 aromatic carbocycles. The van der Waals surface area contributed by atoms with Gasteiger partial charge in [0.25, 0.3) is 0 Å². The number of benzene rings is 2.